The lowest BCUT2D eigenvalue weighted by Crippen LogP contribution is -2.31. The van der Waals surface area contributed by atoms with E-state index in [4.69, 9.17) is 18.9 Å². The van der Waals surface area contributed by atoms with E-state index in [9.17, 15) is 14.4 Å². The molecule has 1 saturated heterocycles. The molecule has 0 aromatic heterocycles. The number of rotatable bonds is 5. The third-order valence-electron chi connectivity index (χ3n) is 2.81. The molecule has 1 fully saturated rings. The Morgan fingerprint density at radius 3 is 2.15 bits per heavy atom. The van der Waals surface area contributed by atoms with Crippen LogP contribution in [-0.2, 0) is 33.3 Å². The van der Waals surface area contributed by atoms with Crippen LogP contribution in [0.25, 0.3) is 0 Å². The molecule has 0 N–H and O–H groups in total. The van der Waals surface area contributed by atoms with Crippen LogP contribution in [0.5, 0.6) is 0 Å². The predicted molar refractivity (Wildman–Crippen MR) is 66.4 cm³/mol. The van der Waals surface area contributed by atoms with E-state index < -0.39 is 42.5 Å². The molecule has 4 atom stereocenters. The number of carbonyl (C=O) groups is 3. The van der Waals surface area contributed by atoms with Gasteiger partial charge in [0.05, 0.1) is 0 Å². The zero-order chi connectivity index (χ0) is 15.3. The standard InChI is InChI=1S/C13H20O7/c1-5-10(17-7(2)14)11-6-12(18-8(3)15)13(20-11)19-9(4)16/h10-13H,5-6H2,1-4H3/t10-,11?,12+,13?/m0/s1. The lowest BCUT2D eigenvalue weighted by atomic mass is 10.1. The van der Waals surface area contributed by atoms with Crippen LogP contribution < -0.4 is 0 Å². The van der Waals surface area contributed by atoms with Crippen molar-refractivity contribution in [1.29, 1.82) is 0 Å². The van der Waals surface area contributed by atoms with Gasteiger partial charge < -0.3 is 18.9 Å². The zero-order valence-electron chi connectivity index (χ0n) is 12.1. The summed E-state index contributed by atoms with van der Waals surface area (Å²) in [6.07, 6.45) is -1.74. The summed E-state index contributed by atoms with van der Waals surface area (Å²) < 4.78 is 20.7. The minimum atomic E-state index is -0.967. The van der Waals surface area contributed by atoms with Crippen LogP contribution in [0.3, 0.4) is 0 Å². The average molecular weight is 288 g/mol. The fourth-order valence-electron chi connectivity index (χ4n) is 2.11. The van der Waals surface area contributed by atoms with Crippen molar-refractivity contribution < 1.29 is 33.3 Å². The molecule has 1 aliphatic heterocycles. The van der Waals surface area contributed by atoms with Crippen LogP contribution in [0.2, 0.25) is 0 Å². The molecular weight excluding hydrogens is 268 g/mol. The topological polar surface area (TPSA) is 88.1 Å². The summed E-state index contributed by atoms with van der Waals surface area (Å²) in [7, 11) is 0. The molecule has 0 bridgehead atoms. The molecule has 2 unspecified atom stereocenters. The molecule has 0 aromatic rings. The van der Waals surface area contributed by atoms with Gasteiger partial charge in [0.15, 0.2) is 6.10 Å². The minimum absolute atomic E-state index is 0.309. The van der Waals surface area contributed by atoms with E-state index in [-0.39, 0.29) is 0 Å². The van der Waals surface area contributed by atoms with Crippen LogP contribution >= 0.6 is 0 Å². The van der Waals surface area contributed by atoms with E-state index in [1.165, 1.54) is 20.8 Å². The predicted octanol–water partition coefficient (Wildman–Crippen LogP) is 0.938. The lowest BCUT2D eigenvalue weighted by Gasteiger charge is -2.21. The van der Waals surface area contributed by atoms with Gasteiger partial charge in [-0.3, -0.25) is 14.4 Å². The van der Waals surface area contributed by atoms with Crippen LogP contribution in [0.4, 0.5) is 0 Å². The molecule has 114 valence electrons. The molecule has 1 heterocycles. The van der Waals surface area contributed by atoms with Gasteiger partial charge in [0, 0.05) is 27.2 Å². The first-order valence-corrected chi connectivity index (χ1v) is 6.50. The summed E-state index contributed by atoms with van der Waals surface area (Å²) in [4.78, 5) is 33.1. The maximum atomic E-state index is 11.1. The molecular formula is C13H20O7. The SMILES string of the molecule is CC[C@H](OC(C)=O)C1C[C@@H](OC(C)=O)C(OC(C)=O)O1. The van der Waals surface area contributed by atoms with Crippen LogP contribution in [0, 0.1) is 0 Å². The first-order chi connectivity index (χ1) is 9.33. The summed E-state index contributed by atoms with van der Waals surface area (Å²) in [6.45, 7) is 5.66. The Bertz CT molecular complexity index is 355. The Kier molecular flexibility index (Phi) is 5.94. The van der Waals surface area contributed by atoms with E-state index in [0.29, 0.717) is 12.8 Å². The van der Waals surface area contributed by atoms with Crippen LogP contribution in [-0.4, -0.2) is 42.5 Å². The van der Waals surface area contributed by atoms with Gasteiger partial charge >= 0.3 is 17.9 Å². The Morgan fingerprint density at radius 1 is 1.10 bits per heavy atom. The fraction of sp³-hybridized carbons (Fsp3) is 0.769. The van der Waals surface area contributed by atoms with Crippen molar-refractivity contribution in [2.45, 2.75) is 65.1 Å². The van der Waals surface area contributed by atoms with E-state index in [1.54, 1.807) is 0 Å². The summed E-state index contributed by atoms with van der Waals surface area (Å²) in [5, 5.41) is 0. The summed E-state index contributed by atoms with van der Waals surface area (Å²) in [6, 6.07) is 0. The summed E-state index contributed by atoms with van der Waals surface area (Å²) in [5.74, 6) is -1.44. The van der Waals surface area contributed by atoms with Gasteiger partial charge in [-0.05, 0) is 6.42 Å². The zero-order valence-corrected chi connectivity index (χ0v) is 12.1. The van der Waals surface area contributed by atoms with Crippen LogP contribution in [0.15, 0.2) is 0 Å². The summed E-state index contributed by atoms with van der Waals surface area (Å²) >= 11 is 0. The van der Waals surface area contributed by atoms with Crippen molar-refractivity contribution in [3.05, 3.63) is 0 Å². The average Bonchev–Trinajstić information content (AvgIpc) is 2.67. The van der Waals surface area contributed by atoms with Gasteiger partial charge in [0.2, 0.25) is 6.29 Å². The Morgan fingerprint density at radius 2 is 1.70 bits per heavy atom. The van der Waals surface area contributed by atoms with Gasteiger partial charge in [-0.2, -0.15) is 0 Å². The number of esters is 3. The monoisotopic (exact) mass is 288 g/mol. The molecule has 7 heteroatoms. The second kappa shape index (κ2) is 7.23. The third kappa shape index (κ3) is 4.80. The summed E-state index contributed by atoms with van der Waals surface area (Å²) in [5.41, 5.74) is 0. The van der Waals surface area contributed by atoms with E-state index >= 15 is 0 Å². The number of carbonyl (C=O) groups excluding carboxylic acids is 3. The Labute approximate surface area is 117 Å². The largest absolute Gasteiger partial charge is 0.460 e. The lowest BCUT2D eigenvalue weighted by molar-refractivity contribution is -0.201. The smallest absolute Gasteiger partial charge is 0.305 e. The van der Waals surface area contributed by atoms with Gasteiger partial charge in [0.25, 0.3) is 0 Å². The fourth-order valence-corrected chi connectivity index (χ4v) is 2.11. The van der Waals surface area contributed by atoms with Gasteiger partial charge in [0.1, 0.15) is 12.2 Å². The second-order valence-corrected chi connectivity index (χ2v) is 4.59. The van der Waals surface area contributed by atoms with Crippen molar-refractivity contribution in [1.82, 2.24) is 0 Å². The van der Waals surface area contributed by atoms with Crippen molar-refractivity contribution in [3.63, 3.8) is 0 Å². The molecule has 0 saturated carbocycles. The normalized spacial score (nSPS) is 26.7. The van der Waals surface area contributed by atoms with Gasteiger partial charge in [-0.25, -0.2) is 0 Å². The highest BCUT2D eigenvalue weighted by Crippen LogP contribution is 2.29. The number of hydrogen-bond donors (Lipinski definition) is 0. The molecule has 0 aliphatic carbocycles. The molecule has 0 spiro atoms. The van der Waals surface area contributed by atoms with Crippen molar-refractivity contribution in [3.8, 4) is 0 Å². The van der Waals surface area contributed by atoms with Crippen LogP contribution in [0.1, 0.15) is 40.5 Å². The molecule has 0 amide bonds. The molecule has 20 heavy (non-hydrogen) atoms. The molecule has 0 radical (unpaired) electrons. The van der Waals surface area contributed by atoms with Crippen molar-refractivity contribution in [2.75, 3.05) is 0 Å². The first-order valence-electron chi connectivity index (χ1n) is 6.50. The Balaban J connectivity index is 2.73. The quantitative estimate of drug-likeness (QED) is 0.549. The highest BCUT2D eigenvalue weighted by Gasteiger charge is 2.43. The minimum Gasteiger partial charge on any atom is -0.460 e. The maximum Gasteiger partial charge on any atom is 0.305 e. The van der Waals surface area contributed by atoms with Gasteiger partial charge in [-0.1, -0.05) is 6.92 Å². The third-order valence-corrected chi connectivity index (χ3v) is 2.81. The van der Waals surface area contributed by atoms with Crippen molar-refractivity contribution in [2.24, 2.45) is 0 Å². The second-order valence-electron chi connectivity index (χ2n) is 4.59. The van der Waals surface area contributed by atoms with E-state index in [0.717, 1.165) is 0 Å². The highest BCUT2D eigenvalue weighted by atomic mass is 16.7. The molecule has 7 nitrogen and oxygen atoms in total. The van der Waals surface area contributed by atoms with Gasteiger partial charge in [-0.15, -0.1) is 0 Å². The molecule has 0 aromatic carbocycles. The highest BCUT2D eigenvalue weighted by molar-refractivity contribution is 5.67. The molecule has 1 aliphatic rings. The maximum absolute atomic E-state index is 11.1. The van der Waals surface area contributed by atoms with Crippen molar-refractivity contribution >= 4 is 17.9 Å². The van der Waals surface area contributed by atoms with E-state index in [1.807, 2.05) is 6.92 Å². The number of hydrogen-bond acceptors (Lipinski definition) is 7. The number of ether oxygens (including phenoxy) is 4. The Hall–Kier alpha value is -1.63. The first kappa shape index (κ1) is 16.4. The van der Waals surface area contributed by atoms with E-state index in [2.05, 4.69) is 0 Å². The molecule has 1 rings (SSSR count).